The van der Waals surface area contributed by atoms with Gasteiger partial charge in [-0.25, -0.2) is 13.8 Å². The average Bonchev–Trinajstić information content (AvgIpc) is 1.99. The smallest absolute Gasteiger partial charge is 0.224 e. The molecule has 11 heavy (non-hydrogen) atoms. The Morgan fingerprint density at radius 2 is 2.00 bits per heavy atom. The zero-order valence-electron chi connectivity index (χ0n) is 5.11. The van der Waals surface area contributed by atoms with Crippen LogP contribution in [0.5, 0.6) is 0 Å². The van der Waals surface area contributed by atoms with E-state index in [-0.39, 0.29) is 0 Å². The second-order valence-electron chi connectivity index (χ2n) is 1.70. The number of hydrogen-bond acceptors (Lipinski definition) is 2. The molecule has 0 saturated heterocycles. The summed E-state index contributed by atoms with van der Waals surface area (Å²) in [5.74, 6) is -4.13. The van der Waals surface area contributed by atoms with E-state index in [2.05, 4.69) is 4.98 Å². The first-order chi connectivity index (χ1) is 5.16. The molecule has 2 nitrogen and oxygen atoms in total. The van der Waals surface area contributed by atoms with Gasteiger partial charge in [-0.3, -0.25) is 0 Å². The van der Waals surface area contributed by atoms with Crippen LogP contribution in [0, 0.1) is 28.9 Å². The fourth-order valence-corrected chi connectivity index (χ4v) is 0.540. The van der Waals surface area contributed by atoms with Crippen molar-refractivity contribution in [1.29, 1.82) is 5.26 Å². The number of halogens is 3. The van der Waals surface area contributed by atoms with Crippen molar-refractivity contribution in [1.82, 2.24) is 4.98 Å². The Morgan fingerprint density at radius 3 is 2.45 bits per heavy atom. The summed E-state index contributed by atoms with van der Waals surface area (Å²) in [5.41, 5.74) is -0.995. The molecule has 56 valence electrons. The van der Waals surface area contributed by atoms with Crippen LogP contribution in [-0.4, -0.2) is 4.98 Å². The van der Waals surface area contributed by atoms with E-state index in [0.29, 0.717) is 6.20 Å². The third-order valence-electron chi connectivity index (χ3n) is 1.04. The molecule has 0 radical (unpaired) electrons. The number of nitriles is 1. The zero-order valence-corrected chi connectivity index (χ0v) is 5.11. The van der Waals surface area contributed by atoms with Gasteiger partial charge in [-0.15, -0.1) is 0 Å². The van der Waals surface area contributed by atoms with Gasteiger partial charge in [0, 0.05) is 0 Å². The number of rotatable bonds is 0. The summed E-state index contributed by atoms with van der Waals surface area (Å²) in [4.78, 5) is 2.81. The van der Waals surface area contributed by atoms with Gasteiger partial charge in [-0.2, -0.15) is 9.65 Å². The van der Waals surface area contributed by atoms with Crippen molar-refractivity contribution in [2.75, 3.05) is 0 Å². The first-order valence-electron chi connectivity index (χ1n) is 2.56. The van der Waals surface area contributed by atoms with Gasteiger partial charge in [-0.1, -0.05) is 0 Å². The topological polar surface area (TPSA) is 36.7 Å². The van der Waals surface area contributed by atoms with Gasteiger partial charge in [0.05, 0.1) is 6.20 Å². The van der Waals surface area contributed by atoms with Crippen molar-refractivity contribution in [2.24, 2.45) is 0 Å². The molecule has 1 aromatic rings. The first-order valence-corrected chi connectivity index (χ1v) is 2.56. The number of aromatic nitrogens is 1. The van der Waals surface area contributed by atoms with Crippen molar-refractivity contribution >= 4 is 0 Å². The van der Waals surface area contributed by atoms with E-state index in [4.69, 9.17) is 5.26 Å². The van der Waals surface area contributed by atoms with Crippen LogP contribution in [0.15, 0.2) is 6.20 Å². The molecule has 0 atom stereocenters. The van der Waals surface area contributed by atoms with E-state index in [1.807, 2.05) is 0 Å². The molecule has 0 bridgehead atoms. The molecule has 0 amide bonds. The maximum atomic E-state index is 12.4. The Balaban J connectivity index is 3.44. The molecule has 0 unspecified atom stereocenters. The van der Waals surface area contributed by atoms with Crippen LogP contribution in [0.2, 0.25) is 0 Å². The molecule has 1 rings (SSSR count). The molecule has 0 aliphatic carbocycles. The van der Waals surface area contributed by atoms with Crippen LogP contribution in [0.4, 0.5) is 13.2 Å². The largest absolute Gasteiger partial charge is 0.233 e. The second kappa shape index (κ2) is 2.58. The predicted octanol–water partition coefficient (Wildman–Crippen LogP) is 1.37. The van der Waals surface area contributed by atoms with Crippen molar-refractivity contribution < 1.29 is 13.2 Å². The molecule has 1 aromatic heterocycles. The molecular weight excluding hydrogens is 157 g/mol. The molecule has 1 heterocycles. The lowest BCUT2D eigenvalue weighted by Gasteiger charge is -1.93. The highest BCUT2D eigenvalue weighted by Gasteiger charge is 2.13. The lowest BCUT2D eigenvalue weighted by molar-refractivity contribution is 0.474. The minimum absolute atomic E-state index is 0.380. The summed E-state index contributed by atoms with van der Waals surface area (Å²) < 4.78 is 36.9. The average molecular weight is 158 g/mol. The minimum Gasteiger partial charge on any atom is -0.224 e. The molecule has 0 aliphatic heterocycles. The highest BCUT2D eigenvalue weighted by atomic mass is 19.2. The van der Waals surface area contributed by atoms with Gasteiger partial charge >= 0.3 is 0 Å². The summed E-state index contributed by atoms with van der Waals surface area (Å²) in [6.07, 6.45) is 0.380. The van der Waals surface area contributed by atoms with Crippen molar-refractivity contribution in [3.05, 3.63) is 29.3 Å². The minimum atomic E-state index is -1.50. The third-order valence-corrected chi connectivity index (χ3v) is 1.04. The lowest BCUT2D eigenvalue weighted by atomic mass is 10.3. The number of hydrogen-bond donors (Lipinski definition) is 0. The van der Waals surface area contributed by atoms with Crippen LogP contribution in [0.25, 0.3) is 0 Å². The first kappa shape index (κ1) is 7.54. The molecule has 0 fully saturated rings. The third kappa shape index (κ3) is 1.15. The van der Waals surface area contributed by atoms with Crippen LogP contribution in [0.1, 0.15) is 5.56 Å². The van der Waals surface area contributed by atoms with E-state index in [9.17, 15) is 13.2 Å². The zero-order chi connectivity index (χ0) is 8.43. The Labute approximate surface area is 59.9 Å². The summed E-state index contributed by atoms with van der Waals surface area (Å²) >= 11 is 0. The van der Waals surface area contributed by atoms with Crippen molar-refractivity contribution in [3.8, 4) is 6.07 Å². The van der Waals surface area contributed by atoms with Crippen LogP contribution >= 0.6 is 0 Å². The molecule has 0 saturated carbocycles. The lowest BCUT2D eigenvalue weighted by Crippen LogP contribution is -1.97. The van der Waals surface area contributed by atoms with Crippen LogP contribution < -0.4 is 0 Å². The second-order valence-corrected chi connectivity index (χ2v) is 1.70. The molecule has 5 heteroatoms. The molecular formula is C6HF3N2. The summed E-state index contributed by atoms with van der Waals surface area (Å²) in [7, 11) is 0. The van der Waals surface area contributed by atoms with E-state index < -0.39 is 23.1 Å². The number of nitrogens with zero attached hydrogens (tertiary/aromatic N) is 2. The SMILES string of the molecule is N#Cc1c(F)ncc(F)c1F. The summed E-state index contributed by atoms with van der Waals surface area (Å²) in [6.45, 7) is 0. The highest BCUT2D eigenvalue weighted by molar-refractivity contribution is 5.28. The summed E-state index contributed by atoms with van der Waals surface area (Å²) in [5, 5.41) is 8.09. The Morgan fingerprint density at radius 1 is 1.36 bits per heavy atom. The number of pyridine rings is 1. The predicted molar refractivity (Wildman–Crippen MR) is 28.8 cm³/mol. The molecule has 0 aliphatic rings. The van der Waals surface area contributed by atoms with E-state index >= 15 is 0 Å². The van der Waals surface area contributed by atoms with Crippen molar-refractivity contribution in [3.63, 3.8) is 0 Å². The van der Waals surface area contributed by atoms with Crippen LogP contribution in [0.3, 0.4) is 0 Å². The van der Waals surface area contributed by atoms with Crippen molar-refractivity contribution in [2.45, 2.75) is 0 Å². The van der Waals surface area contributed by atoms with Gasteiger partial charge in [0.1, 0.15) is 11.6 Å². The van der Waals surface area contributed by atoms with E-state index in [1.165, 1.54) is 0 Å². The molecule has 0 N–H and O–H groups in total. The molecule has 0 spiro atoms. The van der Waals surface area contributed by atoms with Gasteiger partial charge < -0.3 is 0 Å². The van der Waals surface area contributed by atoms with Gasteiger partial charge in [0.15, 0.2) is 11.6 Å². The maximum Gasteiger partial charge on any atom is 0.233 e. The van der Waals surface area contributed by atoms with Gasteiger partial charge in [0.25, 0.3) is 0 Å². The van der Waals surface area contributed by atoms with E-state index in [1.54, 1.807) is 0 Å². The highest BCUT2D eigenvalue weighted by Crippen LogP contribution is 2.11. The monoisotopic (exact) mass is 158 g/mol. The standard InChI is InChI=1S/C6HF3N2/c7-4-2-11-6(9)3(1-10)5(4)8/h2H. The van der Waals surface area contributed by atoms with Gasteiger partial charge in [-0.05, 0) is 0 Å². The Bertz CT molecular complexity index is 329. The Kier molecular flexibility index (Phi) is 1.77. The quantitative estimate of drug-likeness (QED) is 0.534. The van der Waals surface area contributed by atoms with Gasteiger partial charge in [0.2, 0.25) is 5.95 Å². The van der Waals surface area contributed by atoms with Crippen LogP contribution in [-0.2, 0) is 0 Å². The molecule has 0 aromatic carbocycles. The summed E-state index contributed by atoms with van der Waals surface area (Å²) in [6, 6.07) is 1.15. The Hall–Kier alpha value is -1.57. The normalized spacial score (nSPS) is 9.27. The van der Waals surface area contributed by atoms with E-state index in [0.717, 1.165) is 6.07 Å². The maximum absolute atomic E-state index is 12.4. The fraction of sp³-hybridized carbons (Fsp3) is 0. The fourth-order valence-electron chi connectivity index (χ4n) is 0.540.